The van der Waals surface area contributed by atoms with E-state index in [0.717, 1.165) is 26.2 Å². The summed E-state index contributed by atoms with van der Waals surface area (Å²) < 4.78 is 0. The summed E-state index contributed by atoms with van der Waals surface area (Å²) in [5.41, 5.74) is -0.163. The third-order valence-electron chi connectivity index (χ3n) is 2.74. The average Bonchev–Trinajstić information content (AvgIpc) is 2.38. The first-order valence-corrected chi connectivity index (χ1v) is 7.02. The van der Waals surface area contributed by atoms with Crippen LogP contribution >= 0.6 is 11.8 Å². The van der Waals surface area contributed by atoms with Crippen molar-refractivity contribution in [3.63, 3.8) is 0 Å². The third kappa shape index (κ3) is 4.41. The van der Waals surface area contributed by atoms with Crippen LogP contribution in [0.4, 0.5) is 0 Å². The van der Waals surface area contributed by atoms with Gasteiger partial charge in [0.1, 0.15) is 0 Å². The number of H-pyrrole nitrogens is 1. The zero-order valence-corrected chi connectivity index (χ0v) is 10.9. The molecular weight excluding hydrogens is 252 g/mol. The molecule has 3 N–H and O–H groups in total. The van der Waals surface area contributed by atoms with E-state index in [1.54, 1.807) is 0 Å². The predicted octanol–water partition coefficient (Wildman–Crippen LogP) is -0.872. The van der Waals surface area contributed by atoms with E-state index in [1.807, 2.05) is 0 Å². The predicted molar refractivity (Wildman–Crippen MR) is 70.9 cm³/mol. The molecule has 18 heavy (non-hydrogen) atoms. The van der Waals surface area contributed by atoms with Crippen molar-refractivity contribution < 1.29 is 5.11 Å². The maximum Gasteiger partial charge on any atom is 0.251 e. The van der Waals surface area contributed by atoms with Crippen molar-refractivity contribution >= 4 is 11.8 Å². The van der Waals surface area contributed by atoms with Crippen LogP contribution in [0.2, 0.25) is 0 Å². The van der Waals surface area contributed by atoms with Gasteiger partial charge in [0, 0.05) is 50.7 Å². The number of piperazine rings is 1. The van der Waals surface area contributed by atoms with Crippen LogP contribution in [0.5, 0.6) is 0 Å². The van der Waals surface area contributed by atoms with Crippen LogP contribution < -0.4 is 10.9 Å². The molecule has 2 rings (SSSR count). The van der Waals surface area contributed by atoms with Crippen LogP contribution in [-0.2, 0) is 0 Å². The zero-order valence-electron chi connectivity index (χ0n) is 10.1. The molecule has 0 spiro atoms. The molecule has 1 aromatic rings. The highest BCUT2D eigenvalue weighted by Gasteiger charge is 2.14. The molecule has 1 aromatic heterocycles. The number of aromatic nitrogens is 2. The molecule has 1 unspecified atom stereocenters. The van der Waals surface area contributed by atoms with Crippen molar-refractivity contribution in [3.8, 4) is 0 Å². The summed E-state index contributed by atoms with van der Waals surface area (Å²) in [6.45, 7) is 4.58. The van der Waals surface area contributed by atoms with Gasteiger partial charge in [-0.25, -0.2) is 4.98 Å². The number of hydrogen-bond donors (Lipinski definition) is 3. The van der Waals surface area contributed by atoms with Crippen molar-refractivity contribution in [1.82, 2.24) is 20.2 Å². The second-order valence-corrected chi connectivity index (χ2v) is 5.26. The Morgan fingerprint density at radius 2 is 2.28 bits per heavy atom. The van der Waals surface area contributed by atoms with Crippen molar-refractivity contribution in [1.29, 1.82) is 0 Å². The van der Waals surface area contributed by atoms with Gasteiger partial charge < -0.3 is 15.4 Å². The lowest BCUT2D eigenvalue weighted by atomic mass is 10.3. The summed E-state index contributed by atoms with van der Waals surface area (Å²) in [4.78, 5) is 20.0. The standard InChI is InChI=1S/C11H18N4O2S/c16-9(7-15-5-3-12-4-6-15)8-18-11-13-2-1-10(17)14-11/h1-2,9,12,16H,3-8H2,(H,13,14,17). The molecule has 0 saturated carbocycles. The monoisotopic (exact) mass is 270 g/mol. The molecule has 1 saturated heterocycles. The maximum atomic E-state index is 11.1. The Bertz CT molecular complexity index is 420. The molecule has 7 heteroatoms. The van der Waals surface area contributed by atoms with Gasteiger partial charge in [0.25, 0.3) is 5.56 Å². The summed E-state index contributed by atoms with van der Waals surface area (Å²) in [6.07, 6.45) is 1.07. The fourth-order valence-electron chi connectivity index (χ4n) is 1.84. The second-order valence-electron chi connectivity index (χ2n) is 4.25. The number of nitrogens with zero attached hydrogens (tertiary/aromatic N) is 2. The number of β-amino-alcohol motifs (C(OH)–C–C–N with tert-alkyl or cyclic N) is 1. The number of aliphatic hydroxyl groups is 1. The van der Waals surface area contributed by atoms with E-state index in [4.69, 9.17) is 0 Å². The number of aliphatic hydroxyl groups excluding tert-OH is 1. The topological polar surface area (TPSA) is 81.2 Å². The van der Waals surface area contributed by atoms with Gasteiger partial charge in [0.2, 0.25) is 0 Å². The van der Waals surface area contributed by atoms with E-state index < -0.39 is 6.10 Å². The van der Waals surface area contributed by atoms with Crippen molar-refractivity contribution in [2.45, 2.75) is 11.3 Å². The fraction of sp³-hybridized carbons (Fsp3) is 0.636. The Morgan fingerprint density at radius 3 is 3.00 bits per heavy atom. The molecule has 0 bridgehead atoms. The first-order chi connectivity index (χ1) is 8.74. The van der Waals surface area contributed by atoms with Crippen LogP contribution in [0.1, 0.15) is 0 Å². The molecule has 100 valence electrons. The van der Waals surface area contributed by atoms with Crippen LogP contribution in [0.25, 0.3) is 0 Å². The van der Waals surface area contributed by atoms with E-state index in [-0.39, 0.29) is 5.56 Å². The first kappa shape index (κ1) is 13.5. The average molecular weight is 270 g/mol. The summed E-state index contributed by atoms with van der Waals surface area (Å²) >= 11 is 1.37. The summed E-state index contributed by atoms with van der Waals surface area (Å²) in [5, 5.41) is 13.8. The lowest BCUT2D eigenvalue weighted by molar-refractivity contribution is 0.121. The Labute approximate surface area is 110 Å². The zero-order chi connectivity index (χ0) is 12.8. The summed E-state index contributed by atoms with van der Waals surface area (Å²) in [6, 6.07) is 1.38. The van der Waals surface area contributed by atoms with E-state index in [9.17, 15) is 9.90 Å². The Morgan fingerprint density at radius 1 is 1.50 bits per heavy atom. The van der Waals surface area contributed by atoms with Crippen LogP contribution in [0.3, 0.4) is 0 Å². The number of hydrogen-bond acceptors (Lipinski definition) is 6. The molecule has 1 atom stereocenters. The lowest BCUT2D eigenvalue weighted by Crippen LogP contribution is -2.46. The minimum Gasteiger partial charge on any atom is -0.391 e. The largest absolute Gasteiger partial charge is 0.391 e. The van der Waals surface area contributed by atoms with Crippen LogP contribution in [-0.4, -0.2) is 64.6 Å². The van der Waals surface area contributed by atoms with Gasteiger partial charge in [0.15, 0.2) is 5.16 Å². The highest BCUT2D eigenvalue weighted by Crippen LogP contribution is 2.12. The highest BCUT2D eigenvalue weighted by molar-refractivity contribution is 7.99. The van der Waals surface area contributed by atoms with Gasteiger partial charge in [-0.3, -0.25) is 9.69 Å². The number of aromatic amines is 1. The summed E-state index contributed by atoms with van der Waals surface area (Å²) in [7, 11) is 0. The number of nitrogens with one attached hydrogen (secondary N) is 2. The van der Waals surface area contributed by atoms with E-state index in [1.165, 1.54) is 24.0 Å². The van der Waals surface area contributed by atoms with Gasteiger partial charge in [-0.1, -0.05) is 11.8 Å². The van der Waals surface area contributed by atoms with Gasteiger partial charge in [-0.05, 0) is 0 Å². The van der Waals surface area contributed by atoms with Gasteiger partial charge in [-0.15, -0.1) is 0 Å². The molecule has 1 aliphatic heterocycles. The lowest BCUT2D eigenvalue weighted by Gasteiger charge is -2.28. The van der Waals surface area contributed by atoms with E-state index >= 15 is 0 Å². The van der Waals surface area contributed by atoms with Crippen molar-refractivity contribution in [2.75, 3.05) is 38.5 Å². The fourth-order valence-corrected chi connectivity index (χ4v) is 2.61. The van der Waals surface area contributed by atoms with Crippen molar-refractivity contribution in [3.05, 3.63) is 22.6 Å². The third-order valence-corrected chi connectivity index (χ3v) is 3.77. The van der Waals surface area contributed by atoms with E-state index in [2.05, 4.69) is 20.2 Å². The van der Waals surface area contributed by atoms with Gasteiger partial charge in [0.05, 0.1) is 6.10 Å². The Balaban J connectivity index is 1.74. The smallest absolute Gasteiger partial charge is 0.251 e. The molecule has 0 amide bonds. The van der Waals surface area contributed by atoms with Crippen LogP contribution in [0.15, 0.2) is 22.2 Å². The normalized spacial score (nSPS) is 18.7. The molecule has 6 nitrogen and oxygen atoms in total. The molecule has 0 aliphatic carbocycles. The SMILES string of the molecule is O=c1ccnc(SCC(O)CN2CCNCC2)[nH]1. The number of rotatable bonds is 5. The molecule has 0 radical (unpaired) electrons. The molecular formula is C11H18N4O2S. The number of thioether (sulfide) groups is 1. The summed E-state index contributed by atoms with van der Waals surface area (Å²) in [5.74, 6) is 0.539. The Hall–Kier alpha value is -0.890. The minimum atomic E-state index is -0.404. The van der Waals surface area contributed by atoms with Gasteiger partial charge >= 0.3 is 0 Å². The van der Waals surface area contributed by atoms with Crippen LogP contribution in [0, 0.1) is 0 Å². The molecule has 0 aromatic carbocycles. The minimum absolute atomic E-state index is 0.163. The molecule has 1 aliphatic rings. The van der Waals surface area contributed by atoms with Gasteiger partial charge in [-0.2, -0.15) is 0 Å². The Kier molecular flexibility index (Phi) is 5.18. The van der Waals surface area contributed by atoms with E-state index in [0.29, 0.717) is 17.5 Å². The maximum absolute atomic E-state index is 11.1. The molecule has 1 fully saturated rings. The second kappa shape index (κ2) is 6.89. The molecule has 2 heterocycles. The first-order valence-electron chi connectivity index (χ1n) is 6.03. The quantitative estimate of drug-likeness (QED) is 0.477. The van der Waals surface area contributed by atoms with Crippen molar-refractivity contribution in [2.24, 2.45) is 0 Å². The highest BCUT2D eigenvalue weighted by atomic mass is 32.2.